The number of carboxylic acids is 1. The molecule has 0 saturated carbocycles. The SMILES string of the molecule is CC(C)(C)OC(=O)N[C@H](Cc1ccc(CN)cc1)C(=O)O. The van der Waals surface area contributed by atoms with Crippen LogP contribution < -0.4 is 11.1 Å². The first-order chi connectivity index (χ1) is 9.71. The van der Waals surface area contributed by atoms with Gasteiger partial charge in [-0.2, -0.15) is 0 Å². The number of nitrogens with one attached hydrogen (secondary N) is 1. The Morgan fingerprint density at radius 2 is 1.76 bits per heavy atom. The molecule has 0 fully saturated rings. The highest BCUT2D eigenvalue weighted by Crippen LogP contribution is 2.09. The van der Waals surface area contributed by atoms with Crippen LogP contribution in [0, 0.1) is 0 Å². The van der Waals surface area contributed by atoms with Crippen LogP contribution in [0.4, 0.5) is 4.79 Å². The van der Waals surface area contributed by atoms with E-state index in [1.807, 2.05) is 12.1 Å². The second-order valence-electron chi connectivity index (χ2n) is 5.76. The fourth-order valence-electron chi connectivity index (χ4n) is 1.70. The second kappa shape index (κ2) is 7.08. The summed E-state index contributed by atoms with van der Waals surface area (Å²) < 4.78 is 5.06. The van der Waals surface area contributed by atoms with Crippen LogP contribution in [0.2, 0.25) is 0 Å². The molecule has 1 amide bonds. The number of nitrogens with two attached hydrogens (primary N) is 1. The lowest BCUT2D eigenvalue weighted by molar-refractivity contribution is -0.139. The molecule has 1 aromatic carbocycles. The van der Waals surface area contributed by atoms with E-state index in [1.165, 1.54) is 0 Å². The van der Waals surface area contributed by atoms with Crippen molar-refractivity contribution in [3.8, 4) is 0 Å². The van der Waals surface area contributed by atoms with Crippen LogP contribution in [0.25, 0.3) is 0 Å². The predicted octanol–water partition coefficient (Wildman–Crippen LogP) is 1.67. The van der Waals surface area contributed by atoms with E-state index in [2.05, 4.69) is 5.32 Å². The van der Waals surface area contributed by atoms with Gasteiger partial charge in [-0.3, -0.25) is 0 Å². The zero-order chi connectivity index (χ0) is 16.0. The summed E-state index contributed by atoms with van der Waals surface area (Å²) in [4.78, 5) is 22.9. The van der Waals surface area contributed by atoms with Gasteiger partial charge in [0, 0.05) is 13.0 Å². The lowest BCUT2D eigenvalue weighted by Crippen LogP contribution is -2.44. The van der Waals surface area contributed by atoms with E-state index >= 15 is 0 Å². The van der Waals surface area contributed by atoms with Crippen LogP contribution in [0.5, 0.6) is 0 Å². The average Bonchev–Trinajstić information content (AvgIpc) is 2.36. The van der Waals surface area contributed by atoms with Crippen molar-refractivity contribution in [1.29, 1.82) is 0 Å². The van der Waals surface area contributed by atoms with E-state index in [0.29, 0.717) is 6.54 Å². The number of carbonyl (C=O) groups is 2. The van der Waals surface area contributed by atoms with Crippen LogP contribution >= 0.6 is 0 Å². The van der Waals surface area contributed by atoms with Gasteiger partial charge in [-0.15, -0.1) is 0 Å². The summed E-state index contributed by atoms with van der Waals surface area (Å²) in [5.41, 5.74) is 6.60. The molecule has 0 unspecified atom stereocenters. The number of amides is 1. The van der Waals surface area contributed by atoms with Crippen molar-refractivity contribution in [2.24, 2.45) is 5.73 Å². The number of rotatable bonds is 5. The van der Waals surface area contributed by atoms with Gasteiger partial charge in [0.25, 0.3) is 0 Å². The van der Waals surface area contributed by atoms with Gasteiger partial charge < -0.3 is 20.9 Å². The van der Waals surface area contributed by atoms with Gasteiger partial charge in [0.1, 0.15) is 11.6 Å². The molecule has 0 aliphatic rings. The average molecular weight is 294 g/mol. The number of ether oxygens (including phenoxy) is 1. The van der Waals surface area contributed by atoms with Crippen molar-refractivity contribution in [2.75, 3.05) is 0 Å². The van der Waals surface area contributed by atoms with E-state index in [-0.39, 0.29) is 6.42 Å². The number of hydrogen-bond donors (Lipinski definition) is 3. The molecule has 6 heteroatoms. The van der Waals surface area contributed by atoms with Gasteiger partial charge in [0.15, 0.2) is 0 Å². The van der Waals surface area contributed by atoms with Crippen molar-refractivity contribution >= 4 is 12.1 Å². The van der Waals surface area contributed by atoms with Crippen molar-refractivity contribution in [1.82, 2.24) is 5.32 Å². The first-order valence-electron chi connectivity index (χ1n) is 6.71. The summed E-state index contributed by atoms with van der Waals surface area (Å²) >= 11 is 0. The maximum absolute atomic E-state index is 11.7. The second-order valence-corrected chi connectivity index (χ2v) is 5.76. The number of aliphatic carboxylic acids is 1. The first-order valence-corrected chi connectivity index (χ1v) is 6.71. The summed E-state index contributed by atoms with van der Waals surface area (Å²) in [7, 11) is 0. The third-order valence-electron chi connectivity index (χ3n) is 2.69. The van der Waals surface area contributed by atoms with Gasteiger partial charge in [0.2, 0.25) is 0 Å². The van der Waals surface area contributed by atoms with Crippen LogP contribution in [0.3, 0.4) is 0 Å². The van der Waals surface area contributed by atoms with E-state index in [9.17, 15) is 14.7 Å². The Kier molecular flexibility index (Phi) is 5.72. The molecule has 0 aromatic heterocycles. The highest BCUT2D eigenvalue weighted by Gasteiger charge is 2.24. The van der Waals surface area contributed by atoms with Crippen LogP contribution in [-0.4, -0.2) is 28.8 Å². The molecule has 0 spiro atoms. The van der Waals surface area contributed by atoms with Crippen LogP contribution in [0.15, 0.2) is 24.3 Å². The predicted molar refractivity (Wildman–Crippen MR) is 78.8 cm³/mol. The smallest absolute Gasteiger partial charge is 0.408 e. The summed E-state index contributed by atoms with van der Waals surface area (Å²) in [5, 5.41) is 11.6. The maximum Gasteiger partial charge on any atom is 0.408 e. The summed E-state index contributed by atoms with van der Waals surface area (Å²) in [6, 6.07) is 6.23. The van der Waals surface area contributed by atoms with Crippen molar-refractivity contribution < 1.29 is 19.4 Å². The van der Waals surface area contributed by atoms with E-state index < -0.39 is 23.7 Å². The highest BCUT2D eigenvalue weighted by molar-refractivity contribution is 5.80. The molecule has 1 aromatic rings. The van der Waals surface area contributed by atoms with E-state index in [1.54, 1.807) is 32.9 Å². The summed E-state index contributed by atoms with van der Waals surface area (Å²) in [5.74, 6) is -1.11. The minimum Gasteiger partial charge on any atom is -0.480 e. The lowest BCUT2D eigenvalue weighted by Gasteiger charge is -2.22. The van der Waals surface area contributed by atoms with Gasteiger partial charge >= 0.3 is 12.1 Å². The number of alkyl carbamates (subject to hydrolysis) is 1. The Hall–Kier alpha value is -2.08. The highest BCUT2D eigenvalue weighted by atomic mass is 16.6. The van der Waals surface area contributed by atoms with Gasteiger partial charge in [-0.1, -0.05) is 24.3 Å². The Morgan fingerprint density at radius 3 is 2.19 bits per heavy atom. The normalized spacial score (nSPS) is 12.6. The number of benzene rings is 1. The number of carboxylic acid groups (broad SMARTS) is 1. The van der Waals surface area contributed by atoms with Crippen molar-refractivity contribution in [2.45, 2.75) is 45.4 Å². The van der Waals surface area contributed by atoms with Gasteiger partial charge in [-0.25, -0.2) is 9.59 Å². The maximum atomic E-state index is 11.7. The monoisotopic (exact) mass is 294 g/mol. The van der Waals surface area contributed by atoms with E-state index in [0.717, 1.165) is 11.1 Å². The molecule has 0 radical (unpaired) electrons. The van der Waals surface area contributed by atoms with Crippen LogP contribution in [0.1, 0.15) is 31.9 Å². The fourth-order valence-corrected chi connectivity index (χ4v) is 1.70. The molecular formula is C15H22N2O4. The summed E-state index contributed by atoms with van der Waals surface area (Å²) in [6.07, 6.45) is -0.562. The number of hydrogen-bond acceptors (Lipinski definition) is 4. The molecule has 4 N–H and O–H groups in total. The minimum atomic E-state index is -1.11. The quantitative estimate of drug-likeness (QED) is 0.766. The number of carbonyl (C=O) groups excluding carboxylic acids is 1. The van der Waals surface area contributed by atoms with Gasteiger partial charge in [-0.05, 0) is 31.9 Å². The molecule has 0 saturated heterocycles. The summed E-state index contributed by atoms with van der Waals surface area (Å²) in [6.45, 7) is 5.58. The molecule has 0 aliphatic heterocycles. The molecule has 116 valence electrons. The molecule has 1 atom stereocenters. The minimum absolute atomic E-state index is 0.180. The largest absolute Gasteiger partial charge is 0.480 e. The third-order valence-corrected chi connectivity index (χ3v) is 2.69. The molecule has 0 aliphatic carbocycles. The molecule has 0 heterocycles. The van der Waals surface area contributed by atoms with Gasteiger partial charge in [0.05, 0.1) is 0 Å². The Bertz CT molecular complexity index is 491. The third kappa shape index (κ3) is 6.27. The topological polar surface area (TPSA) is 102 Å². The standard InChI is InChI=1S/C15H22N2O4/c1-15(2,3)21-14(20)17-12(13(18)19)8-10-4-6-11(9-16)7-5-10/h4-7,12H,8-9,16H2,1-3H3,(H,17,20)(H,18,19)/t12-/m1/s1. The van der Waals surface area contributed by atoms with Crippen molar-refractivity contribution in [3.63, 3.8) is 0 Å². The lowest BCUT2D eigenvalue weighted by atomic mass is 10.0. The fraction of sp³-hybridized carbons (Fsp3) is 0.467. The van der Waals surface area contributed by atoms with Crippen LogP contribution in [-0.2, 0) is 22.5 Å². The Morgan fingerprint density at radius 1 is 1.24 bits per heavy atom. The zero-order valence-corrected chi connectivity index (χ0v) is 12.6. The Balaban J connectivity index is 2.69. The molecular weight excluding hydrogens is 272 g/mol. The molecule has 6 nitrogen and oxygen atoms in total. The van der Waals surface area contributed by atoms with Crippen molar-refractivity contribution in [3.05, 3.63) is 35.4 Å². The zero-order valence-electron chi connectivity index (χ0n) is 12.6. The first kappa shape index (κ1) is 17.0. The Labute approximate surface area is 124 Å². The van der Waals surface area contributed by atoms with E-state index in [4.69, 9.17) is 10.5 Å². The molecule has 1 rings (SSSR count). The molecule has 0 bridgehead atoms. The molecule has 21 heavy (non-hydrogen) atoms.